The van der Waals surface area contributed by atoms with Crippen LogP contribution in [0.2, 0.25) is 0 Å². The van der Waals surface area contributed by atoms with Crippen LogP contribution in [-0.2, 0) is 9.53 Å². The molecular weight excluding hydrogens is 288 g/mol. The molecule has 4 aliphatic carbocycles. The summed E-state index contributed by atoms with van der Waals surface area (Å²) < 4.78 is 5.54. The van der Waals surface area contributed by atoms with Crippen molar-refractivity contribution in [2.75, 3.05) is 26.2 Å². The van der Waals surface area contributed by atoms with Crippen molar-refractivity contribution in [3.63, 3.8) is 0 Å². The quantitative estimate of drug-likeness (QED) is 0.834. The minimum atomic E-state index is -0.280. The van der Waals surface area contributed by atoms with Gasteiger partial charge in [0.25, 0.3) is 0 Å². The summed E-state index contributed by atoms with van der Waals surface area (Å²) in [5, 5.41) is 6.43. The molecule has 0 aromatic rings. The Bertz CT molecular complexity index is 360. The molecule has 2 N–H and O–H groups in total. The van der Waals surface area contributed by atoms with Gasteiger partial charge in [0.15, 0.2) is 0 Å². The smallest absolute Gasteiger partial charge is 0.250 e. The Morgan fingerprint density at radius 2 is 1.76 bits per heavy atom. The van der Waals surface area contributed by atoms with Crippen LogP contribution in [0.15, 0.2) is 0 Å². The second-order valence-corrected chi connectivity index (χ2v) is 7.70. The highest BCUT2D eigenvalue weighted by Crippen LogP contribution is 2.59. The molecule has 0 radical (unpaired) electrons. The highest BCUT2D eigenvalue weighted by atomic mass is 35.5. The van der Waals surface area contributed by atoms with E-state index in [9.17, 15) is 4.79 Å². The van der Waals surface area contributed by atoms with Gasteiger partial charge in [-0.25, -0.2) is 0 Å². The maximum atomic E-state index is 12.2. The number of nitrogens with one attached hydrogen (secondary N) is 2. The molecule has 0 aromatic heterocycles. The summed E-state index contributed by atoms with van der Waals surface area (Å²) in [6, 6.07) is 0. The Labute approximate surface area is 133 Å². The van der Waals surface area contributed by atoms with Crippen molar-refractivity contribution in [3.05, 3.63) is 0 Å². The van der Waals surface area contributed by atoms with Gasteiger partial charge in [-0.2, -0.15) is 0 Å². The van der Waals surface area contributed by atoms with Crippen LogP contribution < -0.4 is 10.6 Å². The van der Waals surface area contributed by atoms with Gasteiger partial charge in [0.05, 0.1) is 6.61 Å². The predicted octanol–water partition coefficient (Wildman–Crippen LogP) is 1.73. The zero-order valence-corrected chi connectivity index (χ0v) is 13.4. The summed E-state index contributed by atoms with van der Waals surface area (Å²) in [4.78, 5) is 12.2. The van der Waals surface area contributed by atoms with Gasteiger partial charge >= 0.3 is 0 Å². The van der Waals surface area contributed by atoms with Crippen LogP contribution >= 0.6 is 12.4 Å². The topological polar surface area (TPSA) is 50.4 Å². The molecule has 1 saturated heterocycles. The minimum Gasteiger partial charge on any atom is -0.366 e. The third kappa shape index (κ3) is 3.08. The second-order valence-electron chi connectivity index (χ2n) is 7.70. The number of amides is 1. The van der Waals surface area contributed by atoms with Crippen molar-refractivity contribution in [2.24, 2.45) is 23.2 Å². The number of carbonyl (C=O) groups excluding carboxylic acids is 1. The van der Waals surface area contributed by atoms with Crippen LogP contribution in [0.3, 0.4) is 0 Å². The van der Waals surface area contributed by atoms with Gasteiger partial charge < -0.3 is 15.4 Å². The summed E-state index contributed by atoms with van der Waals surface area (Å²) in [6.45, 7) is 3.05. The SMILES string of the molecule is Cl.O=C(NCC12CC3CC(CC(C3)C1)C2)C1CNCCO1. The Kier molecular flexibility index (Phi) is 4.49. The fraction of sp³-hybridized carbons (Fsp3) is 0.938. The highest BCUT2D eigenvalue weighted by molar-refractivity contribution is 5.85. The fourth-order valence-corrected chi connectivity index (χ4v) is 5.63. The van der Waals surface area contributed by atoms with Crippen LogP contribution in [0.25, 0.3) is 0 Å². The zero-order chi connectivity index (χ0) is 13.6. The maximum Gasteiger partial charge on any atom is 0.250 e. The zero-order valence-electron chi connectivity index (χ0n) is 12.6. The van der Waals surface area contributed by atoms with Gasteiger partial charge in [-0.3, -0.25) is 4.79 Å². The molecule has 1 amide bonds. The van der Waals surface area contributed by atoms with Crippen molar-refractivity contribution in [3.8, 4) is 0 Å². The van der Waals surface area contributed by atoms with Crippen molar-refractivity contribution in [1.29, 1.82) is 0 Å². The standard InChI is InChI=1S/C16H26N2O2.ClH/c19-15(14-9-17-1-2-20-14)18-10-16-6-11-3-12(7-16)5-13(4-11)8-16;/h11-14,17H,1-10H2,(H,18,19);1H. The number of ether oxygens (including phenoxy) is 1. The average Bonchev–Trinajstić information content (AvgIpc) is 2.44. The molecule has 4 nitrogen and oxygen atoms in total. The van der Waals surface area contributed by atoms with Gasteiger partial charge in [-0.1, -0.05) is 0 Å². The number of rotatable bonds is 3. The van der Waals surface area contributed by atoms with E-state index in [-0.39, 0.29) is 24.4 Å². The lowest BCUT2D eigenvalue weighted by Crippen LogP contribution is -2.54. The molecule has 5 aliphatic rings. The highest BCUT2D eigenvalue weighted by Gasteiger charge is 2.50. The van der Waals surface area contributed by atoms with Crippen LogP contribution in [0.4, 0.5) is 0 Å². The van der Waals surface area contributed by atoms with Crippen LogP contribution in [0.1, 0.15) is 38.5 Å². The van der Waals surface area contributed by atoms with Gasteiger partial charge in [0.1, 0.15) is 6.10 Å². The monoisotopic (exact) mass is 314 g/mol. The molecule has 0 spiro atoms. The first kappa shape index (κ1) is 15.6. The lowest BCUT2D eigenvalue weighted by molar-refractivity contribution is -0.136. The lowest BCUT2D eigenvalue weighted by Gasteiger charge is -2.57. The van der Waals surface area contributed by atoms with E-state index in [0.717, 1.165) is 30.8 Å². The molecule has 5 fully saturated rings. The molecule has 5 rings (SSSR count). The Morgan fingerprint density at radius 1 is 1.14 bits per heavy atom. The largest absolute Gasteiger partial charge is 0.366 e. The molecule has 1 heterocycles. The molecule has 120 valence electrons. The van der Waals surface area contributed by atoms with Crippen LogP contribution in [-0.4, -0.2) is 38.3 Å². The maximum absolute atomic E-state index is 12.2. The lowest BCUT2D eigenvalue weighted by atomic mass is 9.49. The molecule has 0 aromatic carbocycles. The van der Waals surface area contributed by atoms with Crippen LogP contribution in [0, 0.1) is 23.2 Å². The molecule has 4 saturated carbocycles. The first-order chi connectivity index (χ1) is 9.72. The van der Waals surface area contributed by atoms with Gasteiger partial charge in [-0.05, 0) is 61.7 Å². The molecule has 1 unspecified atom stereocenters. The van der Waals surface area contributed by atoms with Crippen molar-refractivity contribution >= 4 is 18.3 Å². The van der Waals surface area contributed by atoms with Crippen molar-refractivity contribution in [2.45, 2.75) is 44.6 Å². The van der Waals surface area contributed by atoms with E-state index in [0.29, 0.717) is 18.6 Å². The number of carbonyl (C=O) groups is 1. The molecule has 5 heteroatoms. The molecule has 21 heavy (non-hydrogen) atoms. The normalized spacial score (nSPS) is 44.2. The Hall–Kier alpha value is -0.320. The molecule has 4 bridgehead atoms. The summed E-state index contributed by atoms with van der Waals surface area (Å²) >= 11 is 0. The number of hydrogen-bond donors (Lipinski definition) is 2. The van der Waals surface area contributed by atoms with Gasteiger partial charge in [0.2, 0.25) is 5.91 Å². The predicted molar refractivity (Wildman–Crippen MR) is 83.5 cm³/mol. The van der Waals surface area contributed by atoms with E-state index >= 15 is 0 Å². The third-order valence-electron chi connectivity index (χ3n) is 6.02. The molecule has 1 atom stereocenters. The first-order valence-corrected chi connectivity index (χ1v) is 8.32. The Morgan fingerprint density at radius 3 is 2.29 bits per heavy atom. The van der Waals surface area contributed by atoms with E-state index in [1.165, 1.54) is 38.5 Å². The van der Waals surface area contributed by atoms with Crippen LogP contribution in [0.5, 0.6) is 0 Å². The summed E-state index contributed by atoms with van der Waals surface area (Å²) in [5.74, 6) is 2.94. The number of halogens is 1. The third-order valence-corrected chi connectivity index (χ3v) is 6.02. The summed E-state index contributed by atoms with van der Waals surface area (Å²) in [6.07, 6.45) is 8.15. The average molecular weight is 315 g/mol. The number of hydrogen-bond acceptors (Lipinski definition) is 3. The van der Waals surface area contributed by atoms with Crippen molar-refractivity contribution in [1.82, 2.24) is 10.6 Å². The molecular formula is C16H27ClN2O2. The summed E-state index contributed by atoms with van der Waals surface area (Å²) in [5.41, 5.74) is 0.423. The second kappa shape index (κ2) is 6.05. The Balaban J connectivity index is 0.00000132. The van der Waals surface area contributed by atoms with E-state index < -0.39 is 0 Å². The minimum absolute atomic E-state index is 0. The van der Waals surface area contributed by atoms with E-state index in [4.69, 9.17) is 4.74 Å². The molecule has 1 aliphatic heterocycles. The fourth-order valence-electron chi connectivity index (χ4n) is 5.63. The number of morpholine rings is 1. The summed E-state index contributed by atoms with van der Waals surface area (Å²) in [7, 11) is 0. The van der Waals surface area contributed by atoms with E-state index in [2.05, 4.69) is 10.6 Å². The van der Waals surface area contributed by atoms with E-state index in [1.54, 1.807) is 0 Å². The van der Waals surface area contributed by atoms with Gasteiger partial charge in [-0.15, -0.1) is 12.4 Å². The van der Waals surface area contributed by atoms with Gasteiger partial charge in [0, 0.05) is 19.6 Å². The van der Waals surface area contributed by atoms with E-state index in [1.807, 2.05) is 0 Å². The van der Waals surface area contributed by atoms with Crippen molar-refractivity contribution < 1.29 is 9.53 Å². The first-order valence-electron chi connectivity index (χ1n) is 8.32.